The molecule has 42 heavy (non-hydrogen) atoms. The van der Waals surface area contributed by atoms with E-state index in [1.54, 1.807) is 17.0 Å². The van der Waals surface area contributed by atoms with E-state index in [4.69, 9.17) is 5.73 Å². The van der Waals surface area contributed by atoms with E-state index in [0.29, 0.717) is 21.9 Å². The Kier molecular flexibility index (Phi) is 9.51. The average molecular weight is 692 g/mol. The molecule has 4 N–H and O–H groups in total. The molecule has 0 unspecified atom stereocenters. The summed E-state index contributed by atoms with van der Waals surface area (Å²) in [5, 5.41) is 16.2. The molecule has 2 aromatic heterocycles. The first-order valence-electron chi connectivity index (χ1n) is 11.9. The lowest BCUT2D eigenvalue weighted by atomic mass is 10.2. The number of hydrogen-bond acceptors (Lipinski definition) is 10. The predicted molar refractivity (Wildman–Crippen MR) is 151 cm³/mol. The highest BCUT2D eigenvalue weighted by Crippen LogP contribution is 2.30. The van der Waals surface area contributed by atoms with E-state index >= 15 is 0 Å². The normalized spacial score (nSPS) is 16.1. The van der Waals surface area contributed by atoms with Crippen molar-refractivity contribution >= 4 is 58.6 Å². The number of fused-ring (bicyclic) bond motifs is 1. The van der Waals surface area contributed by atoms with E-state index < -0.39 is 28.4 Å². The molecule has 4 aromatic rings. The fourth-order valence-corrected chi connectivity index (χ4v) is 6.70. The van der Waals surface area contributed by atoms with Crippen LogP contribution in [0.15, 0.2) is 68.9 Å². The van der Waals surface area contributed by atoms with E-state index in [1.165, 1.54) is 42.6 Å². The van der Waals surface area contributed by atoms with Crippen LogP contribution < -0.4 is 20.9 Å². The van der Waals surface area contributed by atoms with Gasteiger partial charge < -0.3 is 20.5 Å². The number of benzene rings is 2. The monoisotopic (exact) mass is 690 g/mol. The van der Waals surface area contributed by atoms with Crippen molar-refractivity contribution in [2.24, 2.45) is 5.73 Å². The highest BCUT2D eigenvalue weighted by atomic mass is 79.9. The van der Waals surface area contributed by atoms with Crippen molar-refractivity contribution in [2.45, 2.75) is 23.8 Å². The second-order valence-electron chi connectivity index (χ2n) is 8.68. The van der Waals surface area contributed by atoms with Gasteiger partial charge in [0.2, 0.25) is 10.0 Å². The van der Waals surface area contributed by atoms with Crippen LogP contribution in [0.1, 0.15) is 5.56 Å². The first kappa shape index (κ1) is 31.4. The lowest BCUT2D eigenvalue weighted by Gasteiger charge is -2.38. The number of hydrogen-bond donors (Lipinski definition) is 3. The van der Waals surface area contributed by atoms with Gasteiger partial charge in [-0.1, -0.05) is 39.4 Å². The summed E-state index contributed by atoms with van der Waals surface area (Å²) in [5.74, 6) is -1.49. The molecule has 1 aliphatic heterocycles. The summed E-state index contributed by atoms with van der Waals surface area (Å²) >= 11 is 4.37. The van der Waals surface area contributed by atoms with E-state index in [2.05, 4.69) is 35.8 Å². The number of H-pyrrole nitrogens is 1. The van der Waals surface area contributed by atoms with Crippen LogP contribution in [-0.4, -0.2) is 71.0 Å². The molecule has 0 bridgehead atoms. The molecule has 3 heterocycles. The Bertz CT molecular complexity index is 1720. The number of alkyl halides is 3. The molecule has 5 rings (SSSR count). The molecule has 224 valence electrons. The summed E-state index contributed by atoms with van der Waals surface area (Å²) in [4.78, 5) is 29.8. The van der Waals surface area contributed by atoms with Crippen molar-refractivity contribution in [3.63, 3.8) is 0 Å². The largest absolute Gasteiger partial charge is 0.573 e. The lowest BCUT2D eigenvalue weighted by Crippen LogP contribution is -2.58. The number of thiazole rings is 1. The number of nitrogens with one attached hydrogen (secondary N) is 1. The molecule has 1 saturated heterocycles. The fraction of sp³-hybridized carbons (Fsp3) is 0.250. The van der Waals surface area contributed by atoms with Gasteiger partial charge in [-0.05, 0) is 42.0 Å². The topological polar surface area (TPSA) is 172 Å². The Labute approximate surface area is 248 Å². The third-order valence-electron chi connectivity index (χ3n) is 5.90. The number of aromatic amines is 1. The highest BCUT2D eigenvalue weighted by molar-refractivity contribution is 9.10. The number of aromatic nitrogens is 3. The maximum Gasteiger partial charge on any atom is 0.573 e. The van der Waals surface area contributed by atoms with E-state index in [0.717, 1.165) is 25.7 Å². The number of ether oxygens (including phenoxy) is 1. The van der Waals surface area contributed by atoms with Crippen LogP contribution in [0.4, 0.5) is 18.3 Å². The van der Waals surface area contributed by atoms with Crippen molar-refractivity contribution in [3.8, 4) is 5.75 Å². The Hall–Kier alpha value is -3.58. The Morgan fingerprint density at radius 1 is 1.17 bits per heavy atom. The maximum atomic E-state index is 13.0. The van der Waals surface area contributed by atoms with E-state index in [9.17, 15) is 36.3 Å². The number of piperazine rings is 1. The molecule has 18 heteroatoms. The molecule has 0 saturated carbocycles. The van der Waals surface area contributed by atoms with Crippen molar-refractivity contribution in [3.05, 3.63) is 75.1 Å². The van der Waals surface area contributed by atoms with Gasteiger partial charge in [-0.3, -0.25) is 9.59 Å². The lowest BCUT2D eigenvalue weighted by molar-refractivity contribution is -0.274. The predicted octanol–water partition coefficient (Wildman–Crippen LogP) is 3.15. The number of halogens is 4. The summed E-state index contributed by atoms with van der Waals surface area (Å²) in [5.41, 5.74) is 6.05. The molecular formula is C24H22BrF3N6O6S2. The minimum absolute atomic E-state index is 0.0259. The number of aliphatic carboxylic acids is 1. The number of nitrogens with two attached hydrogens (primary N) is 1. The van der Waals surface area contributed by atoms with Gasteiger partial charge in [-0.2, -0.15) is 9.40 Å². The maximum absolute atomic E-state index is 13.0. The average Bonchev–Trinajstić information content (AvgIpc) is 3.39. The number of carboxylic acid groups (broad SMARTS) is 1. The summed E-state index contributed by atoms with van der Waals surface area (Å²) in [6, 6.07) is 10.2. The second kappa shape index (κ2) is 12.7. The van der Waals surface area contributed by atoms with Crippen LogP contribution in [0.5, 0.6) is 5.75 Å². The van der Waals surface area contributed by atoms with E-state index in [-0.39, 0.29) is 35.8 Å². The standard InChI is InChI=1S/C16H14BrN5O5S2.C8H8F3NO/c17-9-1-3-10(4-2-9)29(26,27)22-6-5-21(8-12(22)15(24)25)16-19-11-7-18-20-14(23)13(11)28-16;9-8(10,11)13-7-3-1-6(5-12)2-4-7/h1-4,7,12H,5-6,8H2,(H,20,23)(H,24,25);1-4H,5,12H2/t12-;/m1./s1. The SMILES string of the molecule is NCc1ccc(OC(F)(F)F)cc1.O=C(O)[C@H]1CN(c2nc3cn[nH]c(=O)c3s2)CCN1S(=O)(=O)c1ccc(Br)cc1. The minimum atomic E-state index is -4.63. The molecule has 0 aliphatic carbocycles. The fourth-order valence-electron chi connectivity index (χ4n) is 3.91. The van der Waals surface area contributed by atoms with Gasteiger partial charge in [-0.15, -0.1) is 13.2 Å². The van der Waals surface area contributed by atoms with Crippen LogP contribution in [0.3, 0.4) is 0 Å². The third-order valence-corrected chi connectivity index (χ3v) is 9.48. The van der Waals surface area contributed by atoms with Gasteiger partial charge in [0, 0.05) is 30.7 Å². The number of carboxylic acids is 1. The zero-order valence-electron chi connectivity index (χ0n) is 21.3. The van der Waals surface area contributed by atoms with Crippen LogP contribution in [-0.2, 0) is 21.4 Å². The van der Waals surface area contributed by atoms with Crippen LogP contribution in [0.2, 0.25) is 0 Å². The Morgan fingerprint density at radius 2 is 1.83 bits per heavy atom. The van der Waals surface area contributed by atoms with Crippen LogP contribution in [0, 0.1) is 0 Å². The number of rotatable bonds is 6. The van der Waals surface area contributed by atoms with Gasteiger partial charge >= 0.3 is 12.3 Å². The van der Waals surface area contributed by atoms with Gasteiger partial charge in [0.15, 0.2) is 5.13 Å². The molecular weight excluding hydrogens is 669 g/mol. The molecule has 1 aliphatic rings. The number of nitrogens with zero attached hydrogens (tertiary/aromatic N) is 4. The number of sulfonamides is 1. The van der Waals surface area contributed by atoms with Gasteiger partial charge in [0.1, 0.15) is 22.0 Å². The first-order chi connectivity index (χ1) is 19.8. The van der Waals surface area contributed by atoms with E-state index in [1.807, 2.05) is 0 Å². The smallest absolute Gasteiger partial charge is 0.480 e. The molecule has 0 spiro atoms. The third kappa shape index (κ3) is 7.43. The van der Waals surface area contributed by atoms with Crippen molar-refractivity contribution in [1.29, 1.82) is 0 Å². The molecule has 12 nitrogen and oxygen atoms in total. The highest BCUT2D eigenvalue weighted by Gasteiger charge is 2.41. The Morgan fingerprint density at radius 3 is 2.40 bits per heavy atom. The minimum Gasteiger partial charge on any atom is -0.480 e. The summed E-state index contributed by atoms with van der Waals surface area (Å²) in [6.45, 7) is 0.424. The van der Waals surface area contributed by atoms with Gasteiger partial charge in [0.25, 0.3) is 5.56 Å². The molecule has 0 amide bonds. The van der Waals surface area contributed by atoms with Gasteiger partial charge in [0.05, 0.1) is 11.1 Å². The number of carbonyl (C=O) groups is 1. The quantitative estimate of drug-likeness (QED) is 0.273. The van der Waals surface area contributed by atoms with Crippen LogP contribution in [0.25, 0.3) is 10.2 Å². The van der Waals surface area contributed by atoms with Gasteiger partial charge in [-0.25, -0.2) is 18.5 Å². The van der Waals surface area contributed by atoms with Crippen LogP contribution >= 0.6 is 27.3 Å². The summed E-state index contributed by atoms with van der Waals surface area (Å²) < 4.78 is 66.8. The molecule has 1 fully saturated rings. The zero-order valence-corrected chi connectivity index (χ0v) is 24.5. The van der Waals surface area contributed by atoms with Crippen molar-refractivity contribution in [1.82, 2.24) is 19.5 Å². The second-order valence-corrected chi connectivity index (χ2v) is 12.5. The summed E-state index contributed by atoms with van der Waals surface area (Å²) in [6.07, 6.45) is -3.22. The first-order valence-corrected chi connectivity index (χ1v) is 15.0. The molecule has 2 aromatic carbocycles. The zero-order chi connectivity index (χ0) is 30.7. The van der Waals surface area contributed by atoms with Crippen molar-refractivity contribution < 1.29 is 36.2 Å². The molecule has 0 radical (unpaired) electrons. The molecule has 1 atom stereocenters. The Balaban J connectivity index is 0.000000262. The van der Waals surface area contributed by atoms with Crippen molar-refractivity contribution in [2.75, 3.05) is 24.5 Å². The number of anilines is 1. The summed E-state index contributed by atoms with van der Waals surface area (Å²) in [7, 11) is -3.99.